The first-order valence-corrected chi connectivity index (χ1v) is 6.94. The number of hydrogen-bond acceptors (Lipinski definition) is 3. The molecule has 0 radical (unpaired) electrons. The Bertz CT molecular complexity index is 516. The Kier molecular flexibility index (Phi) is 4.56. The highest BCUT2D eigenvalue weighted by atomic mass is 19.4. The van der Waals surface area contributed by atoms with E-state index >= 15 is 0 Å². The zero-order chi connectivity index (χ0) is 15.6. The number of rotatable bonds is 2. The number of anilines is 1. The van der Waals surface area contributed by atoms with Crippen LogP contribution in [0.4, 0.5) is 18.9 Å². The zero-order valence-electron chi connectivity index (χ0n) is 12.2. The second kappa shape index (κ2) is 6.05. The van der Waals surface area contributed by atoms with Gasteiger partial charge in [0, 0.05) is 30.4 Å². The van der Waals surface area contributed by atoms with Crippen molar-refractivity contribution in [1.29, 1.82) is 0 Å². The van der Waals surface area contributed by atoms with Crippen LogP contribution in [0.2, 0.25) is 0 Å². The quantitative estimate of drug-likeness (QED) is 0.784. The summed E-state index contributed by atoms with van der Waals surface area (Å²) < 4.78 is 39.1. The van der Waals surface area contributed by atoms with Crippen LogP contribution in [0.15, 0.2) is 18.2 Å². The number of hydrogen-bond donors (Lipinski definition) is 0. The average molecular weight is 300 g/mol. The summed E-state index contributed by atoms with van der Waals surface area (Å²) in [5.41, 5.74) is -0.652. The zero-order valence-corrected chi connectivity index (χ0v) is 12.2. The Hall–Kier alpha value is -1.56. The first kappa shape index (κ1) is 15.8. The second-order valence-electron chi connectivity index (χ2n) is 5.55. The van der Waals surface area contributed by atoms with Crippen LogP contribution in [0.5, 0.6) is 0 Å². The molecule has 2 rings (SSSR count). The lowest BCUT2D eigenvalue weighted by atomic mass is 10.1. The van der Waals surface area contributed by atoms with Crippen molar-refractivity contribution in [1.82, 2.24) is 4.90 Å². The molecule has 0 bridgehead atoms. The number of carbonyl (C=O) groups is 1. The summed E-state index contributed by atoms with van der Waals surface area (Å²) in [4.78, 5) is 15.0. The molecule has 1 unspecified atom stereocenters. The normalized spacial score (nSPS) is 21.2. The highest BCUT2D eigenvalue weighted by molar-refractivity contribution is 5.79. The molecule has 0 saturated carbocycles. The molecular formula is C15H19F3N2O. The van der Waals surface area contributed by atoms with Crippen molar-refractivity contribution >= 4 is 12.0 Å². The van der Waals surface area contributed by atoms with Gasteiger partial charge in [-0.15, -0.1) is 0 Å². The molecule has 1 heterocycles. The molecule has 21 heavy (non-hydrogen) atoms. The molecule has 0 amide bonds. The van der Waals surface area contributed by atoms with Crippen molar-refractivity contribution in [2.75, 3.05) is 31.6 Å². The Balaban J connectivity index is 2.37. The summed E-state index contributed by atoms with van der Waals surface area (Å²) >= 11 is 0. The van der Waals surface area contributed by atoms with Crippen LogP contribution in [-0.2, 0) is 6.18 Å². The van der Waals surface area contributed by atoms with Crippen LogP contribution in [0.3, 0.4) is 0 Å². The van der Waals surface area contributed by atoms with Crippen molar-refractivity contribution in [3.63, 3.8) is 0 Å². The fraction of sp³-hybridized carbons (Fsp3) is 0.533. The number of aldehydes is 1. The minimum absolute atomic E-state index is 0.126. The van der Waals surface area contributed by atoms with Gasteiger partial charge in [0.05, 0.1) is 5.56 Å². The van der Waals surface area contributed by atoms with E-state index in [-0.39, 0.29) is 17.9 Å². The largest absolute Gasteiger partial charge is 0.417 e. The summed E-state index contributed by atoms with van der Waals surface area (Å²) in [5.74, 6) is 0. The number of alkyl halides is 3. The van der Waals surface area contributed by atoms with E-state index in [4.69, 9.17) is 0 Å². The van der Waals surface area contributed by atoms with Gasteiger partial charge in [0.15, 0.2) is 6.29 Å². The summed E-state index contributed by atoms with van der Waals surface area (Å²) in [6, 6.07) is 4.07. The molecule has 1 aliphatic rings. The molecule has 1 atom stereocenters. The second-order valence-corrected chi connectivity index (χ2v) is 5.55. The molecule has 1 aliphatic heterocycles. The van der Waals surface area contributed by atoms with Crippen LogP contribution in [-0.4, -0.2) is 43.9 Å². The maximum absolute atomic E-state index is 13.0. The summed E-state index contributed by atoms with van der Waals surface area (Å²) in [6.07, 6.45) is -3.36. The van der Waals surface area contributed by atoms with Gasteiger partial charge in [-0.1, -0.05) is 0 Å². The van der Waals surface area contributed by atoms with Crippen molar-refractivity contribution < 1.29 is 18.0 Å². The van der Waals surface area contributed by atoms with E-state index in [0.717, 1.165) is 25.6 Å². The highest BCUT2D eigenvalue weighted by Crippen LogP contribution is 2.34. The van der Waals surface area contributed by atoms with E-state index < -0.39 is 11.7 Å². The predicted octanol–water partition coefficient (Wildman–Crippen LogP) is 3.05. The third-order valence-corrected chi connectivity index (χ3v) is 3.85. The first-order valence-electron chi connectivity index (χ1n) is 6.94. The summed E-state index contributed by atoms with van der Waals surface area (Å²) in [7, 11) is 2.01. The number of likely N-dealkylation sites (N-methyl/N-ethyl adjacent to an activating group) is 1. The fourth-order valence-electron chi connectivity index (χ4n) is 2.83. The van der Waals surface area contributed by atoms with Gasteiger partial charge < -0.3 is 9.80 Å². The lowest BCUT2D eigenvalue weighted by Crippen LogP contribution is -2.38. The van der Waals surface area contributed by atoms with Crippen LogP contribution in [0.1, 0.15) is 29.3 Å². The van der Waals surface area contributed by atoms with E-state index in [2.05, 4.69) is 4.90 Å². The van der Waals surface area contributed by atoms with Crippen molar-refractivity contribution in [3.8, 4) is 0 Å². The standard InChI is InChI=1S/C15H19F3N2O/c1-11-9-19(2)6-3-7-20(11)13-5-4-12(10-21)14(8-13)15(16,17)18/h4-5,8,10-11H,3,6-7,9H2,1-2H3. The third kappa shape index (κ3) is 3.56. The lowest BCUT2D eigenvalue weighted by molar-refractivity contribution is -0.137. The molecule has 1 saturated heterocycles. The maximum Gasteiger partial charge on any atom is 0.417 e. The third-order valence-electron chi connectivity index (χ3n) is 3.85. The Morgan fingerprint density at radius 2 is 2.00 bits per heavy atom. The van der Waals surface area contributed by atoms with Gasteiger partial charge >= 0.3 is 6.18 Å². The highest BCUT2D eigenvalue weighted by Gasteiger charge is 2.34. The van der Waals surface area contributed by atoms with Gasteiger partial charge in [-0.2, -0.15) is 13.2 Å². The van der Waals surface area contributed by atoms with Gasteiger partial charge in [-0.05, 0) is 45.1 Å². The topological polar surface area (TPSA) is 23.6 Å². The molecule has 1 aromatic rings. The van der Waals surface area contributed by atoms with E-state index in [1.807, 2.05) is 18.9 Å². The average Bonchev–Trinajstić information content (AvgIpc) is 2.57. The summed E-state index contributed by atoms with van der Waals surface area (Å²) in [5, 5.41) is 0. The molecule has 0 N–H and O–H groups in total. The van der Waals surface area contributed by atoms with Crippen LogP contribution in [0.25, 0.3) is 0 Å². The van der Waals surface area contributed by atoms with E-state index in [0.29, 0.717) is 12.2 Å². The molecule has 116 valence electrons. The molecule has 0 aliphatic carbocycles. The number of halogens is 3. The predicted molar refractivity (Wildman–Crippen MR) is 75.8 cm³/mol. The molecular weight excluding hydrogens is 281 g/mol. The van der Waals surface area contributed by atoms with Gasteiger partial charge in [0.2, 0.25) is 0 Å². The Labute approximate surface area is 122 Å². The minimum atomic E-state index is -4.52. The van der Waals surface area contributed by atoms with Crippen molar-refractivity contribution in [3.05, 3.63) is 29.3 Å². The van der Waals surface area contributed by atoms with Crippen LogP contribution in [0, 0.1) is 0 Å². The van der Waals surface area contributed by atoms with E-state index in [9.17, 15) is 18.0 Å². The van der Waals surface area contributed by atoms with Crippen molar-refractivity contribution in [2.24, 2.45) is 0 Å². The Morgan fingerprint density at radius 1 is 1.29 bits per heavy atom. The number of carbonyl (C=O) groups excluding carboxylic acids is 1. The number of benzene rings is 1. The Morgan fingerprint density at radius 3 is 2.62 bits per heavy atom. The smallest absolute Gasteiger partial charge is 0.367 e. The van der Waals surface area contributed by atoms with E-state index in [1.54, 1.807) is 6.07 Å². The lowest BCUT2D eigenvalue weighted by Gasteiger charge is -2.30. The van der Waals surface area contributed by atoms with Gasteiger partial charge in [-0.25, -0.2) is 0 Å². The maximum atomic E-state index is 13.0. The molecule has 1 aromatic carbocycles. The van der Waals surface area contributed by atoms with Gasteiger partial charge in [-0.3, -0.25) is 4.79 Å². The van der Waals surface area contributed by atoms with Crippen LogP contribution >= 0.6 is 0 Å². The fourth-order valence-corrected chi connectivity index (χ4v) is 2.83. The van der Waals surface area contributed by atoms with Gasteiger partial charge in [0.1, 0.15) is 0 Å². The van der Waals surface area contributed by atoms with Crippen LogP contribution < -0.4 is 4.90 Å². The van der Waals surface area contributed by atoms with Crippen molar-refractivity contribution in [2.45, 2.75) is 25.6 Å². The molecule has 3 nitrogen and oxygen atoms in total. The summed E-state index contributed by atoms with van der Waals surface area (Å²) in [6.45, 7) is 4.45. The monoisotopic (exact) mass is 300 g/mol. The SMILES string of the molecule is CC1CN(C)CCCN1c1ccc(C=O)c(C(F)(F)F)c1. The number of nitrogens with zero attached hydrogens (tertiary/aromatic N) is 2. The van der Waals surface area contributed by atoms with Gasteiger partial charge in [0.25, 0.3) is 0 Å². The molecule has 0 spiro atoms. The molecule has 1 fully saturated rings. The molecule has 6 heteroatoms. The minimum Gasteiger partial charge on any atom is -0.367 e. The van der Waals surface area contributed by atoms with E-state index in [1.165, 1.54) is 6.07 Å². The first-order chi connectivity index (χ1) is 9.82. The molecule has 0 aromatic heterocycles.